The van der Waals surface area contributed by atoms with Crippen molar-refractivity contribution in [1.29, 1.82) is 0 Å². The molecule has 2 heterocycles. The van der Waals surface area contributed by atoms with Crippen molar-refractivity contribution in [3.8, 4) is 0 Å². The minimum atomic E-state index is -3.31. The second-order valence-corrected chi connectivity index (χ2v) is 8.56. The normalized spacial score (nSPS) is 29.7. The summed E-state index contributed by atoms with van der Waals surface area (Å²) in [6, 6.07) is 10.3. The number of piperidine rings is 1. The smallest absolute Gasteiger partial charge is 0.217 e. The largest absolute Gasteiger partial charge is 0.377 e. The van der Waals surface area contributed by atoms with E-state index in [0.717, 1.165) is 32.5 Å². The van der Waals surface area contributed by atoms with E-state index in [-0.39, 0.29) is 12.1 Å². The lowest BCUT2D eigenvalue weighted by Gasteiger charge is -2.33. The van der Waals surface area contributed by atoms with Crippen molar-refractivity contribution in [2.45, 2.75) is 50.1 Å². The third-order valence-corrected chi connectivity index (χ3v) is 6.87. The van der Waals surface area contributed by atoms with Crippen molar-refractivity contribution in [3.63, 3.8) is 0 Å². The Hall–Kier alpha value is -0.950. The molecule has 0 spiro atoms. The molecule has 3 rings (SSSR count). The minimum Gasteiger partial charge on any atom is -0.377 e. The summed E-state index contributed by atoms with van der Waals surface area (Å²) >= 11 is 0. The molecule has 2 fully saturated rings. The van der Waals surface area contributed by atoms with E-state index in [1.165, 1.54) is 5.56 Å². The van der Waals surface area contributed by atoms with Crippen LogP contribution in [0.2, 0.25) is 0 Å². The summed E-state index contributed by atoms with van der Waals surface area (Å²) in [5.74, 6) is 0. The number of hydrogen-bond donors (Lipinski definition) is 1. The zero-order valence-electron chi connectivity index (χ0n) is 13.6. The Balaban J connectivity index is 1.58. The highest BCUT2D eigenvalue weighted by molar-refractivity contribution is 7.90. The number of likely N-dealkylation sites (tertiary alicyclic amines) is 1. The molecule has 23 heavy (non-hydrogen) atoms. The summed E-state index contributed by atoms with van der Waals surface area (Å²) in [4.78, 5) is 2.33. The molecule has 1 aromatic rings. The van der Waals surface area contributed by atoms with E-state index in [2.05, 4.69) is 21.8 Å². The van der Waals surface area contributed by atoms with Gasteiger partial charge in [0.2, 0.25) is 10.0 Å². The number of hydrogen-bond acceptors (Lipinski definition) is 4. The van der Waals surface area contributed by atoms with Gasteiger partial charge in [-0.05, 0) is 38.3 Å². The molecule has 5 nitrogen and oxygen atoms in total. The van der Waals surface area contributed by atoms with Crippen molar-refractivity contribution in [1.82, 2.24) is 9.62 Å². The lowest BCUT2D eigenvalue weighted by molar-refractivity contribution is 0.126. The van der Waals surface area contributed by atoms with E-state index in [4.69, 9.17) is 4.74 Å². The maximum Gasteiger partial charge on any atom is 0.217 e. The average molecular weight is 338 g/mol. The van der Waals surface area contributed by atoms with E-state index in [0.29, 0.717) is 13.0 Å². The molecule has 1 N–H and O–H groups in total. The number of ether oxygens (including phenoxy) is 1. The quantitative estimate of drug-likeness (QED) is 0.889. The fourth-order valence-electron chi connectivity index (χ4n) is 3.58. The standard InChI is InChI=1S/C17H26N2O3S/c1-14-17(9-11-22-14)23(20,21)18-16-8-5-10-19(13-16)12-15-6-3-2-4-7-15/h2-4,6-7,14,16-18H,5,8-13H2,1H3/t14-,16-,17-/m0/s1. The van der Waals surface area contributed by atoms with Crippen LogP contribution in [0.4, 0.5) is 0 Å². The van der Waals surface area contributed by atoms with E-state index in [1.54, 1.807) is 0 Å². The Morgan fingerprint density at radius 2 is 2.04 bits per heavy atom. The van der Waals surface area contributed by atoms with Gasteiger partial charge in [-0.3, -0.25) is 4.90 Å². The first-order valence-corrected chi connectivity index (χ1v) is 9.98. The van der Waals surface area contributed by atoms with Gasteiger partial charge in [0.1, 0.15) is 5.25 Å². The van der Waals surface area contributed by atoms with Gasteiger partial charge in [-0.2, -0.15) is 0 Å². The molecule has 2 aliphatic rings. The highest BCUT2D eigenvalue weighted by Crippen LogP contribution is 2.22. The van der Waals surface area contributed by atoms with Crippen LogP contribution in [0, 0.1) is 0 Å². The van der Waals surface area contributed by atoms with Crippen LogP contribution in [0.3, 0.4) is 0 Å². The van der Waals surface area contributed by atoms with Crippen LogP contribution in [0.1, 0.15) is 31.7 Å². The van der Waals surface area contributed by atoms with Gasteiger partial charge >= 0.3 is 0 Å². The molecule has 0 saturated carbocycles. The molecule has 2 aliphatic heterocycles. The van der Waals surface area contributed by atoms with E-state index in [9.17, 15) is 8.42 Å². The monoisotopic (exact) mass is 338 g/mol. The van der Waals surface area contributed by atoms with Crippen molar-refractivity contribution >= 4 is 10.0 Å². The minimum absolute atomic E-state index is 0.00487. The lowest BCUT2D eigenvalue weighted by Crippen LogP contribution is -2.50. The first kappa shape index (κ1) is 16.9. The topological polar surface area (TPSA) is 58.6 Å². The van der Waals surface area contributed by atoms with Crippen LogP contribution in [0.15, 0.2) is 30.3 Å². The zero-order chi connectivity index (χ0) is 16.3. The fraction of sp³-hybridized carbons (Fsp3) is 0.647. The summed E-state index contributed by atoms with van der Waals surface area (Å²) in [5.41, 5.74) is 1.27. The van der Waals surface area contributed by atoms with Crippen molar-refractivity contribution in [3.05, 3.63) is 35.9 Å². The Labute approximate surface area is 139 Å². The Morgan fingerprint density at radius 1 is 1.26 bits per heavy atom. The molecule has 1 aromatic carbocycles. The molecule has 0 aliphatic carbocycles. The third kappa shape index (κ3) is 4.32. The van der Waals surface area contributed by atoms with E-state index < -0.39 is 15.3 Å². The molecule has 0 amide bonds. The maximum atomic E-state index is 12.6. The predicted octanol–water partition coefficient (Wildman–Crippen LogP) is 1.75. The number of nitrogens with zero attached hydrogens (tertiary/aromatic N) is 1. The van der Waals surface area contributed by atoms with Crippen LogP contribution < -0.4 is 4.72 Å². The van der Waals surface area contributed by atoms with Gasteiger partial charge < -0.3 is 4.74 Å². The van der Waals surface area contributed by atoms with Gasteiger partial charge in [-0.15, -0.1) is 0 Å². The van der Waals surface area contributed by atoms with Crippen LogP contribution >= 0.6 is 0 Å². The second-order valence-electron chi connectivity index (χ2n) is 6.63. The molecule has 6 heteroatoms. The van der Waals surface area contributed by atoms with Crippen LogP contribution in [-0.4, -0.2) is 50.4 Å². The Kier molecular flexibility index (Phi) is 5.36. The molecule has 3 atom stereocenters. The van der Waals surface area contributed by atoms with Crippen molar-refractivity contribution < 1.29 is 13.2 Å². The van der Waals surface area contributed by atoms with Gasteiger partial charge in [0, 0.05) is 25.7 Å². The molecular formula is C17H26N2O3S. The second kappa shape index (κ2) is 7.30. The van der Waals surface area contributed by atoms with Crippen molar-refractivity contribution in [2.75, 3.05) is 19.7 Å². The van der Waals surface area contributed by atoms with Gasteiger partial charge in [0.25, 0.3) is 0 Å². The summed E-state index contributed by atoms with van der Waals surface area (Å²) in [6.07, 6.45) is 2.32. The summed E-state index contributed by atoms with van der Waals surface area (Å²) in [5, 5.41) is -0.410. The molecule has 0 bridgehead atoms. The highest BCUT2D eigenvalue weighted by atomic mass is 32.2. The van der Waals surface area contributed by atoms with Gasteiger partial charge in [-0.25, -0.2) is 13.1 Å². The number of sulfonamides is 1. The van der Waals surface area contributed by atoms with Crippen molar-refractivity contribution in [2.24, 2.45) is 0 Å². The number of rotatable bonds is 5. The first-order valence-electron chi connectivity index (χ1n) is 8.43. The predicted molar refractivity (Wildman–Crippen MR) is 90.6 cm³/mol. The summed E-state index contributed by atoms with van der Waals surface area (Å²) in [6.45, 7) is 5.06. The third-order valence-electron chi connectivity index (χ3n) is 4.79. The van der Waals surface area contributed by atoms with Crippen LogP contribution in [0.5, 0.6) is 0 Å². The van der Waals surface area contributed by atoms with E-state index in [1.807, 2.05) is 25.1 Å². The molecule has 0 unspecified atom stereocenters. The van der Waals surface area contributed by atoms with Crippen LogP contribution in [0.25, 0.3) is 0 Å². The first-order chi connectivity index (χ1) is 11.0. The Morgan fingerprint density at radius 3 is 2.74 bits per heavy atom. The average Bonchev–Trinajstić information content (AvgIpc) is 2.95. The SMILES string of the molecule is C[C@@H]1OCC[C@@H]1S(=O)(=O)N[C@H]1CCCN(Cc2ccccc2)C1. The summed E-state index contributed by atoms with van der Waals surface area (Å²) < 4.78 is 33.5. The fourth-order valence-corrected chi connectivity index (χ4v) is 5.40. The number of nitrogens with one attached hydrogen (secondary N) is 1. The zero-order valence-corrected chi connectivity index (χ0v) is 14.5. The highest BCUT2D eigenvalue weighted by Gasteiger charge is 2.37. The number of benzene rings is 1. The Bertz CT molecular complexity index is 606. The molecular weight excluding hydrogens is 312 g/mol. The summed E-state index contributed by atoms with van der Waals surface area (Å²) in [7, 11) is -3.31. The molecule has 0 radical (unpaired) electrons. The van der Waals surface area contributed by atoms with Gasteiger partial charge in [0.05, 0.1) is 6.10 Å². The molecule has 2 saturated heterocycles. The lowest BCUT2D eigenvalue weighted by atomic mass is 10.1. The van der Waals surface area contributed by atoms with Gasteiger partial charge in [-0.1, -0.05) is 30.3 Å². The van der Waals surface area contributed by atoms with Crippen LogP contribution in [-0.2, 0) is 21.3 Å². The molecule has 0 aromatic heterocycles. The van der Waals surface area contributed by atoms with Gasteiger partial charge in [0.15, 0.2) is 0 Å². The van der Waals surface area contributed by atoms with E-state index >= 15 is 0 Å². The molecule has 128 valence electrons. The maximum absolute atomic E-state index is 12.6.